The first-order valence-corrected chi connectivity index (χ1v) is 10.1. The predicted octanol–water partition coefficient (Wildman–Crippen LogP) is 6.05. The minimum Gasteiger partial charge on any atom is -0.443 e. The number of anilines is 3. The SMILES string of the molecule is C=Cc1ccc2c(c1)N(C(=O)OC(C)(C)C)Cc1cccnc1N2C(=O)OC(C)(C)C. The van der Waals surface area contributed by atoms with Crippen LogP contribution in [0.2, 0.25) is 0 Å². The van der Waals surface area contributed by atoms with Gasteiger partial charge in [0.2, 0.25) is 0 Å². The number of pyridine rings is 1. The number of nitrogens with zero attached hydrogens (tertiary/aromatic N) is 3. The van der Waals surface area contributed by atoms with Gasteiger partial charge < -0.3 is 9.47 Å². The molecule has 7 heteroatoms. The van der Waals surface area contributed by atoms with Crippen LogP contribution < -0.4 is 9.80 Å². The third kappa shape index (κ3) is 5.05. The molecule has 1 aromatic carbocycles. The standard InChI is InChI=1S/C24H29N3O4/c1-8-16-11-12-18-19(14-16)26(21(28)30-23(2,3)4)15-17-10-9-13-25-20(17)27(18)22(29)31-24(5,6)7/h8-14H,1,15H2,2-7H3. The minimum absolute atomic E-state index is 0.185. The summed E-state index contributed by atoms with van der Waals surface area (Å²) in [6.45, 7) is 14.9. The van der Waals surface area contributed by atoms with Crippen molar-refractivity contribution in [3.05, 3.63) is 54.2 Å². The molecule has 0 unspecified atom stereocenters. The molecular formula is C24H29N3O4. The average molecular weight is 424 g/mol. The van der Waals surface area contributed by atoms with E-state index in [2.05, 4.69) is 11.6 Å². The summed E-state index contributed by atoms with van der Waals surface area (Å²) in [5, 5.41) is 0. The molecule has 7 nitrogen and oxygen atoms in total. The summed E-state index contributed by atoms with van der Waals surface area (Å²) < 4.78 is 11.3. The summed E-state index contributed by atoms with van der Waals surface area (Å²) in [6.07, 6.45) is 2.19. The highest BCUT2D eigenvalue weighted by Crippen LogP contribution is 2.41. The van der Waals surface area contributed by atoms with Crippen LogP contribution >= 0.6 is 0 Å². The fourth-order valence-electron chi connectivity index (χ4n) is 3.17. The normalized spacial score (nSPS) is 13.6. The van der Waals surface area contributed by atoms with Crippen LogP contribution in [0.5, 0.6) is 0 Å². The lowest BCUT2D eigenvalue weighted by atomic mass is 10.1. The number of benzene rings is 1. The lowest BCUT2D eigenvalue weighted by molar-refractivity contribution is 0.0571. The van der Waals surface area contributed by atoms with Gasteiger partial charge in [-0.25, -0.2) is 19.5 Å². The van der Waals surface area contributed by atoms with Crippen LogP contribution in [-0.4, -0.2) is 28.4 Å². The molecular weight excluding hydrogens is 394 g/mol. The summed E-state index contributed by atoms with van der Waals surface area (Å²) in [4.78, 5) is 33.8. The topological polar surface area (TPSA) is 72.0 Å². The Labute approximate surface area is 183 Å². The molecule has 2 aromatic rings. The van der Waals surface area contributed by atoms with Crippen molar-refractivity contribution >= 4 is 35.5 Å². The summed E-state index contributed by atoms with van der Waals surface area (Å²) in [7, 11) is 0. The van der Waals surface area contributed by atoms with Gasteiger partial charge in [0, 0.05) is 11.8 Å². The Morgan fingerprint density at radius 3 is 2.26 bits per heavy atom. The molecule has 164 valence electrons. The van der Waals surface area contributed by atoms with E-state index in [4.69, 9.17) is 9.47 Å². The minimum atomic E-state index is -0.704. The molecule has 0 saturated carbocycles. The van der Waals surface area contributed by atoms with Crippen molar-refractivity contribution in [2.45, 2.75) is 59.3 Å². The summed E-state index contributed by atoms with van der Waals surface area (Å²) in [5.41, 5.74) is 1.09. The Hall–Kier alpha value is -3.35. The molecule has 2 amide bonds. The summed E-state index contributed by atoms with van der Waals surface area (Å²) >= 11 is 0. The molecule has 31 heavy (non-hydrogen) atoms. The fourth-order valence-corrected chi connectivity index (χ4v) is 3.17. The summed E-state index contributed by atoms with van der Waals surface area (Å²) in [6, 6.07) is 8.99. The van der Waals surface area contributed by atoms with Crippen molar-refractivity contribution in [2.75, 3.05) is 9.80 Å². The van der Waals surface area contributed by atoms with Gasteiger partial charge in [0.05, 0.1) is 17.9 Å². The van der Waals surface area contributed by atoms with Crippen LogP contribution in [0, 0.1) is 0 Å². The maximum atomic E-state index is 13.3. The number of rotatable bonds is 1. The quantitative estimate of drug-likeness (QED) is 0.558. The summed E-state index contributed by atoms with van der Waals surface area (Å²) in [5.74, 6) is 0.412. The van der Waals surface area contributed by atoms with E-state index >= 15 is 0 Å². The largest absolute Gasteiger partial charge is 0.443 e. The molecule has 2 heterocycles. The van der Waals surface area contributed by atoms with Crippen LogP contribution in [0.15, 0.2) is 43.1 Å². The lowest BCUT2D eigenvalue weighted by Crippen LogP contribution is -2.36. The molecule has 0 atom stereocenters. The monoisotopic (exact) mass is 423 g/mol. The second kappa shape index (κ2) is 8.06. The molecule has 0 saturated heterocycles. The Morgan fingerprint density at radius 1 is 1.00 bits per heavy atom. The average Bonchev–Trinajstić information content (AvgIpc) is 2.79. The Morgan fingerprint density at radius 2 is 1.65 bits per heavy atom. The number of carbonyl (C=O) groups excluding carboxylic acids is 2. The highest BCUT2D eigenvalue weighted by atomic mass is 16.6. The van der Waals surface area contributed by atoms with Crippen molar-refractivity contribution in [1.29, 1.82) is 0 Å². The molecule has 0 bridgehead atoms. The fraction of sp³-hybridized carbons (Fsp3) is 0.375. The number of hydrogen-bond acceptors (Lipinski definition) is 5. The number of aromatic nitrogens is 1. The Balaban J connectivity index is 2.22. The molecule has 0 radical (unpaired) electrons. The second-order valence-electron chi connectivity index (χ2n) is 9.32. The van der Waals surface area contributed by atoms with Crippen molar-refractivity contribution in [2.24, 2.45) is 0 Å². The van der Waals surface area contributed by atoms with Crippen LogP contribution in [0.3, 0.4) is 0 Å². The van der Waals surface area contributed by atoms with Crippen LogP contribution in [0.4, 0.5) is 26.8 Å². The Bertz CT molecular complexity index is 1020. The molecule has 0 spiro atoms. The highest BCUT2D eigenvalue weighted by molar-refractivity contribution is 6.04. The zero-order chi connectivity index (χ0) is 23.0. The predicted molar refractivity (Wildman–Crippen MR) is 122 cm³/mol. The Kier molecular flexibility index (Phi) is 5.81. The van der Waals surface area contributed by atoms with Crippen molar-refractivity contribution in [3.8, 4) is 0 Å². The van der Waals surface area contributed by atoms with Crippen molar-refractivity contribution in [3.63, 3.8) is 0 Å². The van der Waals surface area contributed by atoms with Gasteiger partial charge in [-0.3, -0.25) is 4.90 Å². The van der Waals surface area contributed by atoms with E-state index in [9.17, 15) is 9.59 Å². The van der Waals surface area contributed by atoms with Gasteiger partial charge in [-0.15, -0.1) is 0 Å². The van der Waals surface area contributed by atoms with Gasteiger partial charge in [-0.1, -0.05) is 24.8 Å². The lowest BCUT2D eigenvalue weighted by Gasteiger charge is -2.29. The first-order valence-electron chi connectivity index (χ1n) is 10.1. The van der Waals surface area contributed by atoms with E-state index in [1.807, 2.05) is 32.9 Å². The van der Waals surface area contributed by atoms with E-state index in [1.165, 1.54) is 9.80 Å². The van der Waals surface area contributed by atoms with Gasteiger partial charge in [0.15, 0.2) is 0 Å². The first kappa shape index (κ1) is 22.3. The van der Waals surface area contributed by atoms with Crippen molar-refractivity contribution in [1.82, 2.24) is 4.98 Å². The number of hydrogen-bond donors (Lipinski definition) is 0. The van der Waals surface area contributed by atoms with E-state index in [0.717, 1.165) is 5.56 Å². The van der Waals surface area contributed by atoms with E-state index in [0.29, 0.717) is 22.8 Å². The third-order valence-corrected chi connectivity index (χ3v) is 4.36. The van der Waals surface area contributed by atoms with Gasteiger partial charge in [-0.05, 0) is 65.3 Å². The molecule has 3 rings (SSSR count). The maximum Gasteiger partial charge on any atom is 0.420 e. The zero-order valence-electron chi connectivity index (χ0n) is 18.9. The van der Waals surface area contributed by atoms with Gasteiger partial charge in [0.1, 0.15) is 17.0 Å². The molecule has 1 aliphatic heterocycles. The highest BCUT2D eigenvalue weighted by Gasteiger charge is 2.36. The van der Waals surface area contributed by atoms with Gasteiger partial charge >= 0.3 is 12.2 Å². The van der Waals surface area contributed by atoms with E-state index in [1.54, 1.807) is 51.2 Å². The van der Waals surface area contributed by atoms with Crippen LogP contribution in [0.1, 0.15) is 52.7 Å². The smallest absolute Gasteiger partial charge is 0.420 e. The maximum absolute atomic E-state index is 13.3. The van der Waals surface area contributed by atoms with E-state index < -0.39 is 23.4 Å². The molecule has 1 aromatic heterocycles. The molecule has 1 aliphatic rings. The molecule has 0 fully saturated rings. The zero-order valence-corrected chi connectivity index (χ0v) is 18.9. The number of carbonyl (C=O) groups is 2. The number of amides is 2. The van der Waals surface area contributed by atoms with Gasteiger partial charge in [0.25, 0.3) is 0 Å². The number of ether oxygens (including phenoxy) is 2. The molecule has 0 N–H and O–H groups in total. The van der Waals surface area contributed by atoms with Crippen molar-refractivity contribution < 1.29 is 19.1 Å². The third-order valence-electron chi connectivity index (χ3n) is 4.36. The van der Waals surface area contributed by atoms with Crippen LogP contribution in [0.25, 0.3) is 6.08 Å². The first-order chi connectivity index (χ1) is 14.4. The van der Waals surface area contributed by atoms with Crippen LogP contribution in [-0.2, 0) is 16.0 Å². The molecule has 0 aliphatic carbocycles. The second-order valence-corrected chi connectivity index (χ2v) is 9.32. The number of fused-ring (bicyclic) bond motifs is 2. The van der Waals surface area contributed by atoms with Gasteiger partial charge in [-0.2, -0.15) is 0 Å². The van der Waals surface area contributed by atoms with E-state index in [-0.39, 0.29) is 6.54 Å².